The summed E-state index contributed by atoms with van der Waals surface area (Å²) >= 11 is 0. The normalized spacial score (nSPS) is 12.8. The van der Waals surface area contributed by atoms with Gasteiger partial charge in [-0.1, -0.05) is 24.3 Å². The predicted molar refractivity (Wildman–Crippen MR) is 166 cm³/mol. The Labute approximate surface area is 317 Å². The molecule has 0 spiro atoms. The number of carbonyl (C=O) groups is 2. The van der Waals surface area contributed by atoms with E-state index >= 15 is 0 Å². The first-order valence-corrected chi connectivity index (χ1v) is 14.0. The molecule has 276 valence electrons. The van der Waals surface area contributed by atoms with Gasteiger partial charge in [0.2, 0.25) is 5.91 Å². The van der Waals surface area contributed by atoms with Crippen molar-refractivity contribution in [3.63, 3.8) is 0 Å². The molecule has 2 aromatic carbocycles. The average Bonchev–Trinajstić information content (AvgIpc) is 2.94. The van der Waals surface area contributed by atoms with Gasteiger partial charge in [-0.2, -0.15) is 39.2 Å². The van der Waals surface area contributed by atoms with Gasteiger partial charge < -0.3 is 41.4 Å². The molecule has 0 saturated carbocycles. The fourth-order valence-electron chi connectivity index (χ4n) is 4.40. The number of allylic oxidation sites excluding steroid dienone is 2. The van der Waals surface area contributed by atoms with E-state index in [9.17, 15) is 59.0 Å². The number of carboxylic acids is 1. The van der Waals surface area contributed by atoms with Crippen molar-refractivity contribution in [3.8, 4) is 0 Å². The van der Waals surface area contributed by atoms with E-state index in [0.29, 0.717) is 18.5 Å². The summed E-state index contributed by atoms with van der Waals surface area (Å²) in [4.78, 5) is 38.2. The number of nitrogens with one attached hydrogen (secondary N) is 1. The number of alkyl halides is 9. The maximum Gasteiger partial charge on any atom is 1.00 e. The number of carboxylic acid groups (broad SMARTS) is 1. The van der Waals surface area contributed by atoms with Crippen LogP contribution in [-0.2, 0) is 33.6 Å². The van der Waals surface area contributed by atoms with Crippen LogP contribution in [0.4, 0.5) is 39.5 Å². The Bertz CT molecular complexity index is 1420. The third-order valence-corrected chi connectivity index (χ3v) is 6.94. The molecular weight excluding hydrogens is 685 g/mol. The molecule has 6 nitrogen and oxygen atoms in total. The van der Waals surface area contributed by atoms with Crippen LogP contribution in [0.1, 0.15) is 35.1 Å². The van der Waals surface area contributed by atoms with Crippen LogP contribution in [0.3, 0.4) is 0 Å². The fourth-order valence-corrected chi connectivity index (χ4v) is 4.40. The summed E-state index contributed by atoms with van der Waals surface area (Å²) in [5.41, 5.74) is -4.31. The number of hydrogen-bond donors (Lipinski definition) is 2. The quantitative estimate of drug-likeness (QED) is 0.133. The molecule has 1 atom stereocenters. The van der Waals surface area contributed by atoms with E-state index in [-0.39, 0.29) is 61.8 Å². The maximum absolute atomic E-state index is 14.2. The summed E-state index contributed by atoms with van der Waals surface area (Å²) in [6.45, 7) is 8.72. The summed E-state index contributed by atoms with van der Waals surface area (Å²) in [6, 6.07) is 10.5. The van der Waals surface area contributed by atoms with Gasteiger partial charge in [0.25, 0.3) is 6.18 Å². The van der Waals surface area contributed by atoms with Crippen molar-refractivity contribution in [3.05, 3.63) is 105 Å². The van der Waals surface area contributed by atoms with Crippen LogP contribution >= 0.6 is 0 Å². The van der Waals surface area contributed by atoms with Gasteiger partial charge in [-0.05, 0) is 49.9 Å². The van der Waals surface area contributed by atoms with Crippen LogP contribution < -0.4 is 43.0 Å². The molecule has 0 aliphatic heterocycles. The first-order valence-electron chi connectivity index (χ1n) is 14.0. The van der Waals surface area contributed by atoms with E-state index in [1.807, 2.05) is 24.3 Å². The molecule has 0 saturated heterocycles. The van der Waals surface area contributed by atoms with Gasteiger partial charge in [0.1, 0.15) is 6.04 Å². The molecule has 0 bridgehead atoms. The molecule has 0 fully saturated rings. The number of hydrogen-bond acceptors (Lipinski definition) is 4. The molecule has 51 heavy (non-hydrogen) atoms. The van der Waals surface area contributed by atoms with Crippen LogP contribution in [0.5, 0.6) is 0 Å². The molecule has 2 rings (SSSR count). The summed E-state index contributed by atoms with van der Waals surface area (Å²) < 4.78 is 114. The molecule has 0 heterocycles. The zero-order valence-corrected chi connectivity index (χ0v) is 29.0. The number of benzene rings is 2. The zero-order chi connectivity index (χ0) is 37.1. The van der Waals surface area contributed by atoms with Gasteiger partial charge in [-0.15, -0.1) is 41.0 Å². The van der Waals surface area contributed by atoms with Gasteiger partial charge in [-0.25, -0.2) is 24.9 Å². The summed E-state index contributed by atoms with van der Waals surface area (Å²) in [5.74, 6) is -3.23. The van der Waals surface area contributed by atoms with Crippen molar-refractivity contribution in [1.82, 2.24) is 10.2 Å². The monoisotopic (exact) mass is 722 g/mol. The smallest absolute Gasteiger partial charge is 0.480 e. The molecule has 17 heteroatoms. The minimum atomic E-state index is -5.04. The zero-order valence-electron chi connectivity index (χ0n) is 29.0. The van der Waals surface area contributed by atoms with Gasteiger partial charge in [0, 0.05) is 13.0 Å². The number of halogens is 9. The molecule has 0 aromatic heterocycles. The SMILES string of the molecule is [CH2-]C(F)(F)F.[CH2-]CC(C[CH2-])(C(=O)N[C@@H](Cc1cccc(C/C([C-]=O)=C(/c2[c-]ccc(CCN(C)C)c2)C(F)(F)F)c1)C(=O)O)C(F)(F)F.[CH3-].[Li+].[Li+]. The standard InChI is InChI=1S/C31H32F6N2O4.C2H2F3.CH3.2Li/c1-5-29(6-2,31(35,36)37)28(43)38-25(27(41)42)18-22-11-7-10-21(15-22)17-24(19-40)26(30(32,33)34)23-12-8-9-20(16-23)13-14-39(3)4;1-2(3,4)5;;;/h7-11,15-16,25H,1-2,5-6,13-14,17-18H2,3-4H3,(H,38,43)(H,41,42);1H2;1H3;;/q-4;2*-1;2*+1/b26-24+;;;;/t25-;;;;/m0..../s1. The second-order valence-corrected chi connectivity index (χ2v) is 10.9. The Kier molecular flexibility index (Phi) is 23.1. The van der Waals surface area contributed by atoms with E-state index in [2.05, 4.69) is 19.9 Å². The maximum atomic E-state index is 14.2. The van der Waals surface area contributed by atoms with Crippen LogP contribution in [0, 0.1) is 39.7 Å². The van der Waals surface area contributed by atoms with Gasteiger partial charge in [0.05, 0.1) is 5.41 Å². The van der Waals surface area contributed by atoms with E-state index in [1.54, 1.807) is 13.0 Å². The van der Waals surface area contributed by atoms with Crippen molar-refractivity contribution in [1.29, 1.82) is 0 Å². The van der Waals surface area contributed by atoms with E-state index in [4.69, 9.17) is 0 Å². The summed E-state index contributed by atoms with van der Waals surface area (Å²) in [5, 5.41) is 11.5. The van der Waals surface area contributed by atoms with Crippen molar-refractivity contribution in [2.45, 2.75) is 56.7 Å². The number of nitrogens with zero attached hydrogens (tertiary/aromatic N) is 1. The second-order valence-electron chi connectivity index (χ2n) is 10.9. The van der Waals surface area contributed by atoms with Crippen molar-refractivity contribution in [2.24, 2.45) is 5.41 Å². The van der Waals surface area contributed by atoms with Gasteiger partial charge >= 0.3 is 56.0 Å². The molecule has 1 amide bonds. The third-order valence-electron chi connectivity index (χ3n) is 6.94. The van der Waals surface area contributed by atoms with Crippen LogP contribution in [0.25, 0.3) is 5.57 Å². The summed E-state index contributed by atoms with van der Waals surface area (Å²) in [6.07, 6.45) is -15.2. The van der Waals surface area contributed by atoms with Crippen molar-refractivity contribution < 1.29 is 96.7 Å². The second kappa shape index (κ2) is 22.4. The Balaban J connectivity index is -0.00000268. The predicted octanol–water partition coefficient (Wildman–Crippen LogP) is 1.21. The van der Waals surface area contributed by atoms with E-state index < -0.39 is 78.7 Å². The molecule has 0 radical (unpaired) electrons. The molecule has 2 aromatic rings. The first-order chi connectivity index (χ1) is 22.0. The molecule has 2 N–H and O–H groups in total. The number of amides is 1. The first kappa shape index (κ1) is 52.7. The molecule has 0 aliphatic rings. The Hall–Kier alpha value is -2.69. The number of likely N-dealkylation sites (N-methyl/N-ethyl adjacent to an activating group) is 1. The van der Waals surface area contributed by atoms with Crippen LogP contribution in [0.2, 0.25) is 0 Å². The van der Waals surface area contributed by atoms with Gasteiger partial charge in [-0.3, -0.25) is 4.79 Å². The number of aliphatic carboxylic acids is 1. The van der Waals surface area contributed by atoms with Crippen LogP contribution in [0.15, 0.2) is 48.0 Å². The van der Waals surface area contributed by atoms with E-state index in [1.165, 1.54) is 42.7 Å². The topological polar surface area (TPSA) is 86.7 Å². The minimum Gasteiger partial charge on any atom is -0.480 e. The van der Waals surface area contributed by atoms with Crippen molar-refractivity contribution in [2.75, 3.05) is 20.6 Å². The molecule has 0 unspecified atom stereocenters. The fraction of sp³-hybridized carbons (Fsp3) is 0.382. The Morgan fingerprint density at radius 1 is 0.941 bits per heavy atom. The average molecular weight is 723 g/mol. The molecular formula is C34H37F9Li2N2O4-4. The Morgan fingerprint density at radius 3 is 1.90 bits per heavy atom. The van der Waals surface area contributed by atoms with Gasteiger partial charge in [0.15, 0.2) is 0 Å². The van der Waals surface area contributed by atoms with E-state index in [0.717, 1.165) is 0 Å². The largest absolute Gasteiger partial charge is 1.00 e. The summed E-state index contributed by atoms with van der Waals surface area (Å²) in [7, 11) is 3.64. The number of carbonyl (C=O) groups excluding carboxylic acids is 2. The Morgan fingerprint density at radius 2 is 1.47 bits per heavy atom. The van der Waals surface area contributed by atoms with Crippen molar-refractivity contribution >= 4 is 23.7 Å². The minimum absolute atomic E-state index is 0. The third kappa shape index (κ3) is 17.1. The number of rotatable bonds is 14. The van der Waals surface area contributed by atoms with Crippen LogP contribution in [-0.4, -0.2) is 73.4 Å². The molecule has 0 aliphatic carbocycles.